The number of nitrogens with zero attached hydrogens (tertiary/aromatic N) is 4. The van der Waals surface area contributed by atoms with E-state index in [1.165, 1.54) is 0 Å². The number of anilines is 1. The standard InChI is InChI=1S/C23H25ClN4O2/c1-3-20(29)19-5-4-18(13-25-19)28-8-6-27(7-9-28)14-16-10-17-11-21(30)15(2)22(24)23(17)26-12-16/h4-5,10,12-13H,3,6-9,11,14H2,1-2H3. The molecule has 156 valence electrons. The number of hydrogen-bond acceptors (Lipinski definition) is 6. The van der Waals surface area contributed by atoms with E-state index in [1.54, 1.807) is 13.1 Å². The Kier molecular flexibility index (Phi) is 5.97. The predicted octanol–water partition coefficient (Wildman–Crippen LogP) is 3.49. The molecule has 1 saturated heterocycles. The third-order valence-electron chi connectivity index (χ3n) is 5.83. The van der Waals surface area contributed by atoms with E-state index in [1.807, 2.05) is 25.3 Å². The molecule has 2 aromatic heterocycles. The van der Waals surface area contributed by atoms with Gasteiger partial charge >= 0.3 is 0 Å². The van der Waals surface area contributed by atoms with Crippen LogP contribution in [0.5, 0.6) is 0 Å². The van der Waals surface area contributed by atoms with Gasteiger partial charge in [0.25, 0.3) is 0 Å². The molecule has 0 bridgehead atoms. The molecule has 30 heavy (non-hydrogen) atoms. The molecule has 1 aliphatic heterocycles. The van der Waals surface area contributed by atoms with Crippen molar-refractivity contribution in [2.75, 3.05) is 31.1 Å². The van der Waals surface area contributed by atoms with E-state index in [0.717, 1.165) is 55.2 Å². The number of fused-ring (bicyclic) bond motifs is 1. The second kappa shape index (κ2) is 8.66. The third kappa shape index (κ3) is 4.16. The van der Waals surface area contributed by atoms with Crippen LogP contribution in [-0.4, -0.2) is 52.6 Å². The summed E-state index contributed by atoms with van der Waals surface area (Å²) in [5.74, 6) is 0.138. The Morgan fingerprint density at radius 3 is 2.57 bits per heavy atom. The van der Waals surface area contributed by atoms with E-state index in [2.05, 4.69) is 25.8 Å². The third-order valence-corrected chi connectivity index (χ3v) is 6.29. The summed E-state index contributed by atoms with van der Waals surface area (Å²) < 4.78 is 0. The Morgan fingerprint density at radius 2 is 1.90 bits per heavy atom. The van der Waals surface area contributed by atoms with Gasteiger partial charge in [0, 0.05) is 57.3 Å². The Morgan fingerprint density at radius 1 is 1.13 bits per heavy atom. The summed E-state index contributed by atoms with van der Waals surface area (Å²) in [6, 6.07) is 5.86. The molecule has 0 N–H and O–H groups in total. The summed E-state index contributed by atoms with van der Waals surface area (Å²) in [5, 5.41) is 0.474. The lowest BCUT2D eigenvalue weighted by Crippen LogP contribution is -2.46. The zero-order valence-corrected chi connectivity index (χ0v) is 18.1. The average Bonchev–Trinajstić information content (AvgIpc) is 2.77. The maximum atomic E-state index is 12.1. The average molecular weight is 425 g/mol. The molecule has 0 amide bonds. The molecule has 0 saturated carbocycles. The van der Waals surface area contributed by atoms with Crippen LogP contribution in [0.15, 0.2) is 36.2 Å². The second-order valence-corrected chi connectivity index (χ2v) is 8.21. The molecule has 7 heteroatoms. The summed E-state index contributed by atoms with van der Waals surface area (Å²) in [7, 11) is 0. The number of halogens is 1. The van der Waals surface area contributed by atoms with Crippen molar-refractivity contribution in [2.24, 2.45) is 0 Å². The van der Waals surface area contributed by atoms with Crippen LogP contribution in [0.3, 0.4) is 0 Å². The smallest absolute Gasteiger partial charge is 0.180 e. The van der Waals surface area contributed by atoms with Crippen molar-refractivity contribution >= 4 is 33.9 Å². The lowest BCUT2D eigenvalue weighted by molar-refractivity contribution is -0.114. The topological polar surface area (TPSA) is 66.4 Å². The van der Waals surface area contributed by atoms with E-state index in [9.17, 15) is 9.59 Å². The molecule has 0 aromatic carbocycles. The number of rotatable bonds is 5. The van der Waals surface area contributed by atoms with Crippen molar-refractivity contribution in [3.05, 3.63) is 58.7 Å². The van der Waals surface area contributed by atoms with Gasteiger partial charge in [-0.3, -0.25) is 24.5 Å². The minimum absolute atomic E-state index is 0.0682. The maximum absolute atomic E-state index is 12.1. The first kappa shape index (κ1) is 20.7. The van der Waals surface area contributed by atoms with Crippen LogP contribution in [0, 0.1) is 0 Å². The summed E-state index contributed by atoms with van der Waals surface area (Å²) in [6.07, 6.45) is 4.50. The molecular weight excluding hydrogens is 400 g/mol. The van der Waals surface area contributed by atoms with Gasteiger partial charge in [0.05, 0.1) is 22.6 Å². The summed E-state index contributed by atoms with van der Waals surface area (Å²) >= 11 is 6.30. The van der Waals surface area contributed by atoms with Crippen molar-refractivity contribution in [1.29, 1.82) is 0 Å². The van der Waals surface area contributed by atoms with Gasteiger partial charge in [-0.1, -0.05) is 24.6 Å². The summed E-state index contributed by atoms with van der Waals surface area (Å²) in [5.41, 5.74) is 4.93. The number of carbonyl (C=O) groups is 2. The van der Waals surface area contributed by atoms with E-state index >= 15 is 0 Å². The Bertz CT molecular complexity index is 1010. The molecule has 0 spiro atoms. The Balaban J connectivity index is 1.37. The molecule has 0 atom stereocenters. The highest BCUT2D eigenvalue weighted by molar-refractivity contribution is 6.51. The molecule has 6 nitrogen and oxygen atoms in total. The van der Waals surface area contributed by atoms with Gasteiger partial charge in [-0.25, -0.2) is 0 Å². The minimum atomic E-state index is 0.0682. The van der Waals surface area contributed by atoms with E-state index in [0.29, 0.717) is 29.1 Å². The monoisotopic (exact) mass is 424 g/mol. The van der Waals surface area contributed by atoms with Gasteiger partial charge in [0.2, 0.25) is 0 Å². The van der Waals surface area contributed by atoms with Gasteiger partial charge in [-0.05, 0) is 30.2 Å². The predicted molar refractivity (Wildman–Crippen MR) is 118 cm³/mol. The highest BCUT2D eigenvalue weighted by Gasteiger charge is 2.24. The number of ketones is 2. The molecule has 1 fully saturated rings. The fraction of sp³-hybridized carbons (Fsp3) is 0.391. The molecule has 4 rings (SSSR count). The maximum Gasteiger partial charge on any atom is 0.180 e. The Hall–Kier alpha value is -2.57. The number of piperazine rings is 1. The van der Waals surface area contributed by atoms with Crippen LogP contribution >= 0.6 is 11.6 Å². The van der Waals surface area contributed by atoms with E-state index < -0.39 is 0 Å². The van der Waals surface area contributed by atoms with E-state index in [4.69, 9.17) is 11.6 Å². The number of aromatic nitrogens is 2. The first-order valence-corrected chi connectivity index (χ1v) is 10.7. The number of carbonyl (C=O) groups excluding carboxylic acids is 2. The first-order chi connectivity index (χ1) is 14.5. The second-order valence-electron chi connectivity index (χ2n) is 7.83. The molecular formula is C23H25ClN4O2. The molecule has 0 unspecified atom stereocenters. The molecule has 3 heterocycles. The van der Waals surface area contributed by atoms with Crippen molar-refractivity contribution < 1.29 is 9.59 Å². The molecule has 2 aromatic rings. The van der Waals surface area contributed by atoms with Crippen LogP contribution in [-0.2, 0) is 17.8 Å². The number of Topliss-reactive ketones (excluding diaryl/α,β-unsaturated/α-hetero) is 2. The number of pyridine rings is 2. The van der Waals surface area contributed by atoms with Crippen LogP contribution in [0.2, 0.25) is 0 Å². The number of allylic oxidation sites excluding steroid dienone is 1. The summed E-state index contributed by atoms with van der Waals surface area (Å²) in [6.45, 7) is 8.04. The van der Waals surface area contributed by atoms with Crippen molar-refractivity contribution in [1.82, 2.24) is 14.9 Å². The van der Waals surface area contributed by atoms with Crippen LogP contribution < -0.4 is 4.90 Å². The van der Waals surface area contributed by atoms with Gasteiger partial charge < -0.3 is 4.90 Å². The van der Waals surface area contributed by atoms with Gasteiger partial charge in [0.1, 0.15) is 5.69 Å². The molecule has 1 aliphatic carbocycles. The highest BCUT2D eigenvalue weighted by Crippen LogP contribution is 2.31. The van der Waals surface area contributed by atoms with E-state index in [-0.39, 0.29) is 11.6 Å². The van der Waals surface area contributed by atoms with Crippen molar-refractivity contribution in [3.63, 3.8) is 0 Å². The molecule has 2 aliphatic rings. The fourth-order valence-electron chi connectivity index (χ4n) is 3.93. The van der Waals surface area contributed by atoms with Gasteiger partial charge in [0.15, 0.2) is 11.6 Å². The van der Waals surface area contributed by atoms with Crippen LogP contribution in [0.4, 0.5) is 5.69 Å². The SMILES string of the molecule is CCC(=O)c1ccc(N2CCN(Cc3cnc4c(c3)CC(=O)C(C)=C4Cl)CC2)cn1. The molecule has 0 radical (unpaired) electrons. The first-order valence-electron chi connectivity index (χ1n) is 10.3. The largest absolute Gasteiger partial charge is 0.368 e. The van der Waals surface area contributed by atoms with Crippen molar-refractivity contribution in [3.8, 4) is 0 Å². The fourth-order valence-corrected chi connectivity index (χ4v) is 4.20. The quantitative estimate of drug-likeness (QED) is 0.684. The zero-order chi connectivity index (χ0) is 21.3. The lowest BCUT2D eigenvalue weighted by Gasteiger charge is -2.36. The van der Waals surface area contributed by atoms with Crippen LogP contribution in [0.1, 0.15) is 47.6 Å². The lowest BCUT2D eigenvalue weighted by atomic mass is 9.94. The zero-order valence-electron chi connectivity index (χ0n) is 17.3. The van der Waals surface area contributed by atoms with Gasteiger partial charge in [-0.15, -0.1) is 0 Å². The normalized spacial score (nSPS) is 17.3. The van der Waals surface area contributed by atoms with Crippen molar-refractivity contribution in [2.45, 2.75) is 33.2 Å². The Labute approximate surface area is 181 Å². The number of hydrogen-bond donors (Lipinski definition) is 0. The minimum Gasteiger partial charge on any atom is -0.368 e. The van der Waals surface area contributed by atoms with Crippen LogP contribution in [0.25, 0.3) is 5.03 Å². The summed E-state index contributed by atoms with van der Waals surface area (Å²) in [4.78, 5) is 37.4. The van der Waals surface area contributed by atoms with Gasteiger partial charge in [-0.2, -0.15) is 0 Å². The highest BCUT2D eigenvalue weighted by atomic mass is 35.5.